The average Bonchev–Trinajstić information content (AvgIpc) is 3.03. The molecule has 2 bridgehead atoms. The van der Waals surface area contributed by atoms with Crippen molar-refractivity contribution >= 4 is 29.2 Å². The van der Waals surface area contributed by atoms with Crippen LogP contribution in [0.3, 0.4) is 0 Å². The Labute approximate surface area is 127 Å². The molecule has 1 aromatic carbocycles. The van der Waals surface area contributed by atoms with Crippen LogP contribution in [0, 0.1) is 30.6 Å². The van der Waals surface area contributed by atoms with E-state index in [-0.39, 0.29) is 17.7 Å². The van der Waals surface area contributed by atoms with Crippen molar-refractivity contribution in [1.29, 1.82) is 0 Å². The number of carbonyl (C=O) groups excluding carboxylic acids is 2. The van der Waals surface area contributed by atoms with E-state index in [1.54, 1.807) is 12.1 Å². The van der Waals surface area contributed by atoms with Crippen molar-refractivity contribution < 1.29 is 14.7 Å². The summed E-state index contributed by atoms with van der Waals surface area (Å²) in [7, 11) is 0. The third kappa shape index (κ3) is 2.33. The van der Waals surface area contributed by atoms with Gasteiger partial charge in [-0.3, -0.25) is 4.79 Å². The lowest BCUT2D eigenvalue weighted by Gasteiger charge is -2.28. The molecule has 1 aromatic rings. The summed E-state index contributed by atoms with van der Waals surface area (Å²) in [6, 6.07) is 5.34. The van der Waals surface area contributed by atoms with Gasteiger partial charge in [0.25, 0.3) is 0 Å². The van der Waals surface area contributed by atoms with Gasteiger partial charge >= 0.3 is 0 Å². The van der Waals surface area contributed by atoms with Crippen molar-refractivity contribution in [3.63, 3.8) is 0 Å². The monoisotopic (exact) mass is 304 g/mol. The Morgan fingerprint density at radius 2 is 1.90 bits per heavy atom. The average molecular weight is 305 g/mol. The summed E-state index contributed by atoms with van der Waals surface area (Å²) in [5.74, 6) is -2.90. The number of nitrogens with one attached hydrogen (secondary N) is 1. The molecule has 2 aliphatic rings. The number of para-hydroxylation sites is 1. The smallest absolute Gasteiger partial charge is 0.228 e. The first kappa shape index (κ1) is 14.1. The third-order valence-corrected chi connectivity index (χ3v) is 4.82. The third-order valence-electron chi connectivity index (χ3n) is 4.50. The van der Waals surface area contributed by atoms with Crippen LogP contribution >= 0.6 is 11.6 Å². The molecule has 4 atom stereocenters. The van der Waals surface area contributed by atoms with E-state index in [0.717, 1.165) is 5.56 Å². The zero-order chi connectivity index (χ0) is 15.1. The van der Waals surface area contributed by atoms with Gasteiger partial charge in [-0.1, -0.05) is 35.9 Å². The van der Waals surface area contributed by atoms with Crippen molar-refractivity contribution in [3.8, 4) is 0 Å². The number of halogens is 1. The number of fused-ring (bicyclic) bond motifs is 2. The zero-order valence-corrected chi connectivity index (χ0v) is 12.3. The van der Waals surface area contributed by atoms with Crippen LogP contribution in [0.4, 0.5) is 5.69 Å². The minimum absolute atomic E-state index is 0.0271. The molecule has 0 heterocycles. The number of hydrogen-bond donors (Lipinski definition) is 1. The van der Waals surface area contributed by atoms with Crippen molar-refractivity contribution in [3.05, 3.63) is 40.9 Å². The van der Waals surface area contributed by atoms with Gasteiger partial charge < -0.3 is 15.2 Å². The van der Waals surface area contributed by atoms with Crippen LogP contribution in [0.25, 0.3) is 0 Å². The standard InChI is InChI=1S/C16H16ClNO3/c1-8-3-2-4-11(17)14(8)18-15(19)12-9-5-6-10(7-9)13(12)16(20)21/h2-6,9-10,12-13H,7H2,1H3,(H,18,19)(H,20,21)/p-1/t9-,10-,12-,13-/m0/s1. The van der Waals surface area contributed by atoms with E-state index in [0.29, 0.717) is 17.1 Å². The molecule has 0 aliphatic heterocycles. The number of benzene rings is 1. The maximum Gasteiger partial charge on any atom is 0.228 e. The molecule has 5 heteroatoms. The topological polar surface area (TPSA) is 69.2 Å². The zero-order valence-electron chi connectivity index (χ0n) is 11.5. The highest BCUT2D eigenvalue weighted by molar-refractivity contribution is 6.34. The first-order valence-electron chi connectivity index (χ1n) is 6.94. The van der Waals surface area contributed by atoms with Gasteiger partial charge in [0.2, 0.25) is 5.91 Å². The number of allylic oxidation sites excluding steroid dienone is 2. The Balaban J connectivity index is 1.85. The van der Waals surface area contributed by atoms with Crippen LogP contribution in [0.2, 0.25) is 5.02 Å². The largest absolute Gasteiger partial charge is 0.550 e. The molecule has 0 aromatic heterocycles. The molecule has 1 amide bonds. The fraction of sp³-hybridized carbons (Fsp3) is 0.375. The molecule has 1 saturated carbocycles. The van der Waals surface area contributed by atoms with Gasteiger partial charge in [-0.25, -0.2) is 0 Å². The van der Waals surface area contributed by atoms with E-state index in [1.165, 1.54) is 0 Å². The number of amides is 1. The highest BCUT2D eigenvalue weighted by atomic mass is 35.5. The summed E-state index contributed by atoms with van der Waals surface area (Å²) < 4.78 is 0. The molecule has 21 heavy (non-hydrogen) atoms. The van der Waals surface area contributed by atoms with E-state index in [1.807, 2.05) is 25.1 Å². The molecule has 2 aliphatic carbocycles. The second-order valence-electron chi connectivity index (χ2n) is 5.74. The molecule has 4 nitrogen and oxygen atoms in total. The molecule has 1 N–H and O–H groups in total. The number of anilines is 1. The number of aryl methyl sites for hydroxylation is 1. The molecular formula is C16H15ClNO3-. The maximum absolute atomic E-state index is 12.5. The van der Waals surface area contributed by atoms with E-state index in [4.69, 9.17) is 11.6 Å². The number of carboxylic acid groups (broad SMARTS) is 1. The van der Waals surface area contributed by atoms with Crippen molar-refractivity contribution in [1.82, 2.24) is 0 Å². The summed E-state index contributed by atoms with van der Waals surface area (Å²) >= 11 is 6.10. The predicted molar refractivity (Wildman–Crippen MR) is 77.5 cm³/mol. The Hall–Kier alpha value is -1.81. The van der Waals surface area contributed by atoms with Gasteiger partial charge in [0.05, 0.1) is 16.6 Å². The van der Waals surface area contributed by atoms with Gasteiger partial charge in [0.1, 0.15) is 0 Å². The molecule has 0 unspecified atom stereocenters. The first-order chi connectivity index (χ1) is 9.99. The summed E-state index contributed by atoms with van der Waals surface area (Å²) in [4.78, 5) is 23.9. The number of aliphatic carboxylic acids is 1. The summed E-state index contributed by atoms with van der Waals surface area (Å²) in [5.41, 5.74) is 1.40. The van der Waals surface area contributed by atoms with Crippen LogP contribution in [0.15, 0.2) is 30.4 Å². The molecular weight excluding hydrogens is 290 g/mol. The lowest BCUT2D eigenvalue weighted by Crippen LogP contribution is -2.43. The Bertz CT molecular complexity index is 620. The van der Waals surface area contributed by atoms with Gasteiger partial charge in [-0.2, -0.15) is 0 Å². The predicted octanol–water partition coefficient (Wildman–Crippen LogP) is 1.78. The van der Waals surface area contributed by atoms with E-state index >= 15 is 0 Å². The van der Waals surface area contributed by atoms with E-state index in [2.05, 4.69) is 5.32 Å². The number of carbonyl (C=O) groups is 2. The van der Waals surface area contributed by atoms with Crippen LogP contribution in [-0.2, 0) is 9.59 Å². The van der Waals surface area contributed by atoms with Gasteiger partial charge in [0.15, 0.2) is 0 Å². The van der Waals surface area contributed by atoms with Crippen molar-refractivity contribution in [2.45, 2.75) is 13.3 Å². The van der Waals surface area contributed by atoms with Gasteiger partial charge in [-0.15, -0.1) is 0 Å². The molecule has 110 valence electrons. The molecule has 0 spiro atoms. The highest BCUT2D eigenvalue weighted by Crippen LogP contribution is 2.48. The van der Waals surface area contributed by atoms with Crippen LogP contribution in [-0.4, -0.2) is 11.9 Å². The molecule has 1 fully saturated rings. The quantitative estimate of drug-likeness (QED) is 0.865. The van der Waals surface area contributed by atoms with Crippen LogP contribution in [0.5, 0.6) is 0 Å². The normalized spacial score (nSPS) is 29.6. The lowest BCUT2D eigenvalue weighted by molar-refractivity contribution is -0.313. The van der Waals surface area contributed by atoms with Crippen molar-refractivity contribution in [2.24, 2.45) is 23.7 Å². The number of rotatable bonds is 3. The second-order valence-corrected chi connectivity index (χ2v) is 6.15. The molecule has 0 radical (unpaired) electrons. The number of hydrogen-bond acceptors (Lipinski definition) is 3. The number of carboxylic acids is 1. The van der Waals surface area contributed by atoms with Gasteiger partial charge in [-0.05, 0) is 36.8 Å². The van der Waals surface area contributed by atoms with Crippen LogP contribution in [0.1, 0.15) is 12.0 Å². The second kappa shape index (κ2) is 5.19. The fourth-order valence-electron chi connectivity index (χ4n) is 3.50. The Kier molecular flexibility index (Phi) is 3.49. The molecule has 3 rings (SSSR count). The lowest BCUT2D eigenvalue weighted by atomic mass is 9.82. The van der Waals surface area contributed by atoms with E-state index in [9.17, 15) is 14.7 Å². The summed E-state index contributed by atoms with van der Waals surface area (Å²) in [5, 5.41) is 14.6. The minimum Gasteiger partial charge on any atom is -0.550 e. The minimum atomic E-state index is -1.15. The van der Waals surface area contributed by atoms with Gasteiger partial charge in [0, 0.05) is 11.9 Å². The molecule has 0 saturated heterocycles. The Morgan fingerprint density at radius 1 is 1.24 bits per heavy atom. The first-order valence-corrected chi connectivity index (χ1v) is 7.32. The highest BCUT2D eigenvalue weighted by Gasteiger charge is 2.48. The summed E-state index contributed by atoms with van der Waals surface area (Å²) in [6.07, 6.45) is 4.53. The van der Waals surface area contributed by atoms with Crippen molar-refractivity contribution in [2.75, 3.05) is 5.32 Å². The summed E-state index contributed by atoms with van der Waals surface area (Å²) in [6.45, 7) is 1.85. The SMILES string of the molecule is Cc1cccc(Cl)c1NC(=O)[C@@H]1[C@@H](C(=O)[O-])[C@H]2C=C[C@H]1C2. The van der Waals surface area contributed by atoms with E-state index < -0.39 is 17.8 Å². The Morgan fingerprint density at radius 3 is 2.52 bits per heavy atom. The van der Waals surface area contributed by atoms with Crippen LogP contribution < -0.4 is 10.4 Å². The fourth-order valence-corrected chi connectivity index (χ4v) is 3.77. The maximum atomic E-state index is 12.5.